The minimum atomic E-state index is -0.413. The molecular weight excluding hydrogens is 338 g/mol. The maximum atomic E-state index is 11.1. The van der Waals surface area contributed by atoms with Gasteiger partial charge in [-0.3, -0.25) is 10.1 Å². The Bertz CT molecular complexity index is 905. The van der Waals surface area contributed by atoms with Crippen LogP contribution >= 0.6 is 0 Å². The van der Waals surface area contributed by atoms with Crippen molar-refractivity contribution in [2.45, 2.75) is 6.73 Å². The van der Waals surface area contributed by atoms with Crippen molar-refractivity contribution >= 4 is 16.6 Å². The molecule has 0 unspecified atom stereocenters. The van der Waals surface area contributed by atoms with Gasteiger partial charge in [-0.05, 0) is 30.3 Å². The number of aromatic nitrogens is 2. The van der Waals surface area contributed by atoms with Crippen LogP contribution in [0.2, 0.25) is 0 Å². The minimum Gasteiger partial charge on any atom is -0.497 e. The zero-order valence-electron chi connectivity index (χ0n) is 14.5. The van der Waals surface area contributed by atoms with E-state index in [4.69, 9.17) is 14.2 Å². The van der Waals surface area contributed by atoms with Crippen molar-refractivity contribution in [3.63, 3.8) is 0 Å². The first-order chi connectivity index (χ1) is 12.6. The first kappa shape index (κ1) is 17.8. The molecule has 0 aliphatic heterocycles. The maximum absolute atomic E-state index is 11.1. The first-order valence-corrected chi connectivity index (χ1v) is 8.00. The van der Waals surface area contributed by atoms with Gasteiger partial charge in [0.25, 0.3) is 5.69 Å². The van der Waals surface area contributed by atoms with Gasteiger partial charge in [-0.25, -0.2) is 4.68 Å². The van der Waals surface area contributed by atoms with Crippen LogP contribution in [0.4, 0.5) is 5.69 Å². The van der Waals surface area contributed by atoms with E-state index >= 15 is 0 Å². The highest BCUT2D eigenvalue weighted by molar-refractivity contribution is 5.94. The Morgan fingerprint density at radius 1 is 1.12 bits per heavy atom. The number of non-ortho nitro benzene ring substituents is 1. The first-order valence-electron chi connectivity index (χ1n) is 8.00. The fourth-order valence-electron chi connectivity index (χ4n) is 2.63. The molecule has 0 saturated carbocycles. The van der Waals surface area contributed by atoms with E-state index in [1.165, 1.54) is 12.1 Å². The molecule has 1 heterocycles. The third-order valence-corrected chi connectivity index (χ3v) is 3.95. The summed E-state index contributed by atoms with van der Waals surface area (Å²) in [6.45, 7) is 1.15. The van der Waals surface area contributed by atoms with E-state index in [0.29, 0.717) is 24.3 Å². The Hall–Kier alpha value is -2.97. The van der Waals surface area contributed by atoms with Gasteiger partial charge in [0.1, 0.15) is 18.2 Å². The average Bonchev–Trinajstić information content (AvgIpc) is 3.03. The number of methoxy groups -OCH3 is 2. The van der Waals surface area contributed by atoms with Crippen LogP contribution in [0.1, 0.15) is 0 Å². The number of nitro groups is 1. The second kappa shape index (κ2) is 7.94. The summed E-state index contributed by atoms with van der Waals surface area (Å²) >= 11 is 0. The molecule has 0 spiro atoms. The largest absolute Gasteiger partial charge is 0.497 e. The van der Waals surface area contributed by atoms with Crippen LogP contribution in [0.25, 0.3) is 22.2 Å². The van der Waals surface area contributed by atoms with Gasteiger partial charge in [-0.2, -0.15) is 5.10 Å². The molecule has 8 nitrogen and oxygen atoms in total. The highest BCUT2D eigenvalue weighted by Crippen LogP contribution is 2.31. The van der Waals surface area contributed by atoms with E-state index in [0.717, 1.165) is 16.8 Å². The average molecular weight is 357 g/mol. The Labute approximate surface area is 150 Å². The number of benzene rings is 2. The molecule has 0 radical (unpaired) electrons. The molecule has 3 rings (SSSR count). The second-order valence-corrected chi connectivity index (χ2v) is 5.57. The summed E-state index contributed by atoms with van der Waals surface area (Å²) in [6.07, 6.45) is 0. The quantitative estimate of drug-likeness (QED) is 0.349. The number of nitrogens with zero attached hydrogens (tertiary/aromatic N) is 3. The highest BCUT2D eigenvalue weighted by Gasteiger charge is 2.16. The lowest BCUT2D eigenvalue weighted by Crippen LogP contribution is -2.08. The summed E-state index contributed by atoms with van der Waals surface area (Å²) in [6, 6.07) is 12.1. The molecule has 0 bridgehead atoms. The third kappa shape index (κ3) is 3.66. The summed E-state index contributed by atoms with van der Waals surface area (Å²) in [5, 5.41) is 16.4. The van der Waals surface area contributed by atoms with Crippen LogP contribution in [0, 0.1) is 10.1 Å². The summed E-state index contributed by atoms with van der Waals surface area (Å²) < 4.78 is 17.4. The topological polar surface area (TPSA) is 88.7 Å². The zero-order chi connectivity index (χ0) is 18.5. The number of nitro benzene ring substituents is 1. The lowest BCUT2D eigenvalue weighted by molar-refractivity contribution is -0.384. The lowest BCUT2D eigenvalue weighted by atomic mass is 10.1. The molecule has 8 heteroatoms. The Morgan fingerprint density at radius 2 is 1.88 bits per heavy atom. The van der Waals surface area contributed by atoms with Gasteiger partial charge in [0.05, 0.1) is 30.8 Å². The predicted molar refractivity (Wildman–Crippen MR) is 96.2 cm³/mol. The van der Waals surface area contributed by atoms with Crippen molar-refractivity contribution in [3.8, 4) is 17.0 Å². The van der Waals surface area contributed by atoms with E-state index in [1.807, 2.05) is 24.3 Å². The maximum Gasteiger partial charge on any atom is 0.270 e. The molecular formula is C18H19N3O5. The van der Waals surface area contributed by atoms with Crippen LogP contribution in [-0.4, -0.2) is 42.1 Å². The lowest BCUT2D eigenvalue weighted by Gasteiger charge is -2.05. The van der Waals surface area contributed by atoms with Gasteiger partial charge in [0, 0.05) is 30.2 Å². The van der Waals surface area contributed by atoms with Crippen LogP contribution in [0.15, 0.2) is 42.5 Å². The third-order valence-electron chi connectivity index (χ3n) is 3.95. The molecule has 0 N–H and O–H groups in total. The standard InChI is InChI=1S/C18H19N3O5/c1-24-9-10-26-12-20-17-8-5-14(21(22)23)11-16(17)18(19-20)13-3-6-15(25-2)7-4-13/h3-8,11H,9-10,12H2,1-2H3. The van der Waals surface area contributed by atoms with Gasteiger partial charge in [-0.15, -0.1) is 0 Å². The van der Waals surface area contributed by atoms with Crippen molar-refractivity contribution in [1.82, 2.24) is 9.78 Å². The molecule has 0 atom stereocenters. The molecule has 0 fully saturated rings. The minimum absolute atomic E-state index is 0.0205. The van der Waals surface area contributed by atoms with Gasteiger partial charge in [0.2, 0.25) is 0 Å². The SMILES string of the molecule is COCCOCn1nc(-c2ccc(OC)cc2)c2cc([N+](=O)[O-])ccc21. The Morgan fingerprint density at radius 3 is 2.54 bits per heavy atom. The molecule has 26 heavy (non-hydrogen) atoms. The van der Waals surface area contributed by atoms with Crippen molar-refractivity contribution < 1.29 is 19.1 Å². The van der Waals surface area contributed by atoms with Gasteiger partial charge >= 0.3 is 0 Å². The molecule has 3 aromatic rings. The summed E-state index contributed by atoms with van der Waals surface area (Å²) in [5.74, 6) is 0.728. The van der Waals surface area contributed by atoms with Crippen molar-refractivity contribution in [3.05, 3.63) is 52.6 Å². The summed E-state index contributed by atoms with van der Waals surface area (Å²) in [5.41, 5.74) is 2.28. The number of hydrogen-bond acceptors (Lipinski definition) is 6. The van der Waals surface area contributed by atoms with E-state index in [1.54, 1.807) is 25.0 Å². The number of ether oxygens (including phenoxy) is 3. The Balaban J connectivity index is 2.03. The molecule has 136 valence electrons. The van der Waals surface area contributed by atoms with Crippen LogP contribution < -0.4 is 4.74 Å². The predicted octanol–water partition coefficient (Wildman–Crippen LogP) is 3.24. The van der Waals surface area contributed by atoms with Crippen molar-refractivity contribution in [1.29, 1.82) is 0 Å². The van der Waals surface area contributed by atoms with Gasteiger partial charge in [-0.1, -0.05) is 0 Å². The normalized spacial score (nSPS) is 11.0. The van der Waals surface area contributed by atoms with E-state index in [9.17, 15) is 10.1 Å². The Kier molecular flexibility index (Phi) is 5.45. The van der Waals surface area contributed by atoms with E-state index < -0.39 is 4.92 Å². The number of fused-ring (bicyclic) bond motifs is 1. The molecule has 0 saturated heterocycles. The van der Waals surface area contributed by atoms with Gasteiger partial charge < -0.3 is 14.2 Å². The highest BCUT2D eigenvalue weighted by atomic mass is 16.6. The smallest absolute Gasteiger partial charge is 0.270 e. The van der Waals surface area contributed by atoms with Crippen LogP contribution in [0.3, 0.4) is 0 Å². The molecule has 1 aromatic heterocycles. The van der Waals surface area contributed by atoms with Crippen LogP contribution in [-0.2, 0) is 16.2 Å². The monoisotopic (exact) mass is 357 g/mol. The van der Waals surface area contributed by atoms with Crippen LogP contribution in [0.5, 0.6) is 5.75 Å². The van der Waals surface area contributed by atoms with Gasteiger partial charge in [0.15, 0.2) is 0 Å². The van der Waals surface area contributed by atoms with E-state index in [-0.39, 0.29) is 12.4 Å². The summed E-state index contributed by atoms with van der Waals surface area (Å²) in [4.78, 5) is 10.7. The molecule has 0 aliphatic rings. The molecule has 0 amide bonds. The fourth-order valence-corrected chi connectivity index (χ4v) is 2.63. The van der Waals surface area contributed by atoms with Crippen molar-refractivity contribution in [2.75, 3.05) is 27.4 Å². The molecule has 2 aromatic carbocycles. The zero-order valence-corrected chi connectivity index (χ0v) is 14.5. The summed E-state index contributed by atoms with van der Waals surface area (Å²) in [7, 11) is 3.20. The number of hydrogen-bond donors (Lipinski definition) is 0. The number of rotatable bonds is 8. The second-order valence-electron chi connectivity index (χ2n) is 5.57. The molecule has 0 aliphatic carbocycles. The van der Waals surface area contributed by atoms with Crippen molar-refractivity contribution in [2.24, 2.45) is 0 Å². The van der Waals surface area contributed by atoms with E-state index in [2.05, 4.69) is 5.10 Å². The fraction of sp³-hybridized carbons (Fsp3) is 0.278.